The summed E-state index contributed by atoms with van der Waals surface area (Å²) in [5.41, 5.74) is 8.74. The van der Waals surface area contributed by atoms with Crippen molar-refractivity contribution >= 4 is 44.4 Å². The molecule has 33 heavy (non-hydrogen) atoms. The van der Waals surface area contributed by atoms with Gasteiger partial charge in [-0.3, -0.25) is 15.0 Å². The molecule has 2 amide bonds. The third-order valence-corrected chi connectivity index (χ3v) is 5.90. The molecular weight excluding hydrogens is 662 g/mol. The summed E-state index contributed by atoms with van der Waals surface area (Å²) >= 11 is 1.35. The van der Waals surface area contributed by atoms with Crippen molar-refractivity contribution < 1.29 is 62.8 Å². The molecule has 1 fully saturated rings. The molecule has 165 valence electrons. The van der Waals surface area contributed by atoms with Crippen molar-refractivity contribution in [3.63, 3.8) is 0 Å². The summed E-state index contributed by atoms with van der Waals surface area (Å²) in [5, 5.41) is 3.16. The number of amides is 2. The van der Waals surface area contributed by atoms with E-state index in [2.05, 4.69) is 15.3 Å². The molecule has 9 nitrogen and oxygen atoms in total. The van der Waals surface area contributed by atoms with Crippen molar-refractivity contribution in [2.45, 2.75) is 6.10 Å². The van der Waals surface area contributed by atoms with Crippen LogP contribution in [0.5, 0.6) is 0 Å². The van der Waals surface area contributed by atoms with Crippen LogP contribution in [-0.4, -0.2) is 45.7 Å². The fourth-order valence-electron chi connectivity index (χ4n) is 3.37. The molecule has 0 unspecified atom stereocenters. The number of imidazole rings is 1. The van der Waals surface area contributed by atoms with E-state index in [0.717, 1.165) is 10.2 Å². The number of hydrogen-bond donors (Lipinski definition) is 1. The summed E-state index contributed by atoms with van der Waals surface area (Å²) in [4.78, 5) is 34.2. The van der Waals surface area contributed by atoms with Crippen LogP contribution in [-0.2, 0) is 4.74 Å². The van der Waals surface area contributed by atoms with Crippen LogP contribution in [0.4, 0.5) is 20.0 Å². The summed E-state index contributed by atoms with van der Waals surface area (Å²) in [7, 11) is 0. The van der Waals surface area contributed by atoms with Gasteiger partial charge in [0.25, 0.3) is 5.91 Å². The molecule has 4 aromatic rings. The number of cyclic esters (lactones) is 1. The van der Waals surface area contributed by atoms with Crippen LogP contribution in [0.25, 0.3) is 21.6 Å². The fourth-order valence-corrected chi connectivity index (χ4v) is 4.23. The zero-order valence-corrected chi connectivity index (χ0v) is 22.6. The van der Waals surface area contributed by atoms with Crippen molar-refractivity contribution in [2.75, 3.05) is 23.3 Å². The van der Waals surface area contributed by atoms with Gasteiger partial charge < -0.3 is 15.0 Å². The van der Waals surface area contributed by atoms with Gasteiger partial charge >= 0.3 is 6.09 Å². The van der Waals surface area contributed by atoms with Gasteiger partial charge in [0.15, 0.2) is 5.13 Å². The number of aromatic nitrogens is 3. The van der Waals surface area contributed by atoms with Crippen molar-refractivity contribution in [3.8, 4) is 5.69 Å². The maximum Gasteiger partial charge on any atom is 0.414 e. The maximum atomic E-state index is 14.8. The third kappa shape index (κ3) is 4.80. The number of anilines is 2. The molecule has 0 spiro atoms. The summed E-state index contributed by atoms with van der Waals surface area (Å²) in [6.07, 6.45) is 1.62. The molecule has 1 aliphatic rings. The second kappa shape index (κ2) is 9.85. The van der Waals surface area contributed by atoms with Gasteiger partial charge in [-0.25, -0.2) is 19.2 Å². The van der Waals surface area contributed by atoms with Gasteiger partial charge in [-0.15, -0.1) is 6.54 Å². The number of para-hydroxylation sites is 1. The topological polar surface area (TPSA) is 113 Å². The first-order valence-corrected chi connectivity index (χ1v) is 10.5. The van der Waals surface area contributed by atoms with Gasteiger partial charge in [-0.05, 0) is 30.3 Å². The van der Waals surface area contributed by atoms with E-state index in [0.29, 0.717) is 10.8 Å². The van der Waals surface area contributed by atoms with Gasteiger partial charge in [0.2, 0.25) is 0 Å². The van der Waals surface area contributed by atoms with Crippen LogP contribution in [0.15, 0.2) is 55.0 Å². The minimum absolute atomic E-state index is 0. The van der Waals surface area contributed by atoms with Crippen molar-refractivity contribution in [1.29, 1.82) is 0 Å². The Balaban J connectivity index is 0.00000259. The molecule has 1 radical (unpaired) electrons. The van der Waals surface area contributed by atoms with Crippen molar-refractivity contribution in [2.24, 2.45) is 0 Å². The number of ether oxygens (including phenoxy) is 1. The van der Waals surface area contributed by atoms with Gasteiger partial charge in [0.05, 0.1) is 28.1 Å². The Morgan fingerprint density at radius 1 is 1.30 bits per heavy atom. The monoisotopic (exact) mass is 678 g/mol. The number of fused-ring (bicyclic) bond motifs is 1. The average molecular weight is 678 g/mol. The zero-order valence-electron chi connectivity index (χ0n) is 17.1. The molecule has 2 N–H and O–H groups in total. The largest absolute Gasteiger partial charge is 0.674 e. The predicted molar refractivity (Wildman–Crippen MR) is 118 cm³/mol. The standard InChI is InChI=1S/C21H16FN6O3S.Ac/c22-14-7-12(28-9-13(8-23)31-21(28)30)5-6-17(14)27-10-16(24-11-27)19(29)26-20-25-15-3-1-2-4-18(15)32-20;/h1-7,10-11,13,23H,8-9H2,(H,25,26,29);/q-1;/t13-;/m0./s1. The summed E-state index contributed by atoms with van der Waals surface area (Å²) in [6.45, 7) is 0.141. The Bertz CT molecular complexity index is 1310. The summed E-state index contributed by atoms with van der Waals surface area (Å²) < 4.78 is 22.2. The Kier molecular flexibility index (Phi) is 7.09. The molecule has 3 heterocycles. The number of nitrogens with one attached hydrogen (secondary N) is 2. The minimum atomic E-state index is -0.606. The van der Waals surface area contributed by atoms with Crippen LogP contribution in [0.3, 0.4) is 0 Å². The van der Waals surface area contributed by atoms with E-state index in [1.165, 1.54) is 45.5 Å². The average Bonchev–Trinajstić information content (AvgIpc) is 3.51. The molecule has 1 atom stereocenters. The molecule has 1 aliphatic heterocycles. The van der Waals surface area contributed by atoms with E-state index in [1.807, 2.05) is 24.3 Å². The number of benzene rings is 2. The van der Waals surface area contributed by atoms with E-state index < -0.39 is 23.9 Å². The number of halogens is 1. The van der Waals surface area contributed by atoms with Crippen LogP contribution in [0, 0.1) is 49.9 Å². The summed E-state index contributed by atoms with van der Waals surface area (Å²) in [6, 6.07) is 11.8. The van der Waals surface area contributed by atoms with E-state index >= 15 is 0 Å². The Hall–Kier alpha value is -2.39. The number of carbonyl (C=O) groups is 2. The van der Waals surface area contributed by atoms with Crippen molar-refractivity contribution in [3.05, 3.63) is 72.2 Å². The first-order chi connectivity index (χ1) is 15.5. The van der Waals surface area contributed by atoms with E-state index in [1.54, 1.807) is 6.07 Å². The second-order valence-electron chi connectivity index (χ2n) is 7.06. The number of nitrogens with zero attached hydrogens (tertiary/aromatic N) is 4. The van der Waals surface area contributed by atoms with Crippen LogP contribution >= 0.6 is 11.3 Å². The number of rotatable bonds is 5. The molecule has 2 aromatic carbocycles. The van der Waals surface area contributed by atoms with Gasteiger partial charge in [-0.2, -0.15) is 0 Å². The quantitative estimate of drug-likeness (QED) is 0.340. The van der Waals surface area contributed by atoms with Crippen LogP contribution < -0.4 is 10.2 Å². The zero-order chi connectivity index (χ0) is 22.2. The Labute approximate surface area is 227 Å². The Morgan fingerprint density at radius 2 is 2.12 bits per heavy atom. The molecule has 2 aromatic heterocycles. The predicted octanol–water partition coefficient (Wildman–Crippen LogP) is 4.25. The molecule has 0 aliphatic carbocycles. The van der Waals surface area contributed by atoms with Gasteiger partial charge in [0.1, 0.15) is 23.9 Å². The second-order valence-corrected chi connectivity index (χ2v) is 8.09. The van der Waals surface area contributed by atoms with Gasteiger partial charge in [0, 0.05) is 50.3 Å². The maximum absolute atomic E-state index is 14.8. The summed E-state index contributed by atoms with van der Waals surface area (Å²) in [5.74, 6) is -1.05. The van der Waals surface area contributed by atoms with Crippen LogP contribution in [0.1, 0.15) is 10.5 Å². The first kappa shape index (κ1) is 23.8. The molecule has 1 saturated heterocycles. The number of carbonyl (C=O) groups excluding carboxylic acids is 2. The SMILES string of the molecule is [Ac].[NH-]C[C@H]1CN(c2ccc(-n3cnc(C(=O)Nc4nc5ccccc5s4)c3)c(F)c2)C(=O)O1. The minimum Gasteiger partial charge on any atom is -0.674 e. The molecular formula is C21H16AcFN6O3S-. The van der Waals surface area contributed by atoms with E-state index in [9.17, 15) is 14.0 Å². The smallest absolute Gasteiger partial charge is 0.414 e. The molecule has 12 heteroatoms. The third-order valence-electron chi connectivity index (χ3n) is 4.95. The van der Waals surface area contributed by atoms with E-state index in [4.69, 9.17) is 10.5 Å². The first-order valence-electron chi connectivity index (χ1n) is 9.65. The van der Waals surface area contributed by atoms with E-state index in [-0.39, 0.29) is 68.5 Å². The normalized spacial score (nSPS) is 15.4. The Morgan fingerprint density at radius 3 is 2.85 bits per heavy atom. The van der Waals surface area contributed by atoms with Crippen LogP contribution in [0.2, 0.25) is 0 Å². The molecule has 5 rings (SSSR count). The molecule has 0 saturated carbocycles. The fraction of sp³-hybridized carbons (Fsp3) is 0.143. The number of hydrogen-bond acceptors (Lipinski definition) is 6. The van der Waals surface area contributed by atoms with Gasteiger partial charge in [-0.1, -0.05) is 23.5 Å². The number of thiazole rings is 1. The van der Waals surface area contributed by atoms with Crippen molar-refractivity contribution in [1.82, 2.24) is 14.5 Å². The molecule has 0 bridgehead atoms.